The summed E-state index contributed by atoms with van der Waals surface area (Å²) in [5, 5.41) is 2.78. The van der Waals surface area contributed by atoms with E-state index in [1.54, 1.807) is 7.11 Å². The fourth-order valence-corrected chi connectivity index (χ4v) is 1.74. The molecule has 20 heavy (non-hydrogen) atoms. The predicted octanol–water partition coefficient (Wildman–Crippen LogP) is 1.84. The maximum absolute atomic E-state index is 11.5. The van der Waals surface area contributed by atoms with E-state index in [4.69, 9.17) is 14.2 Å². The van der Waals surface area contributed by atoms with Crippen LogP contribution in [0.5, 0.6) is 5.75 Å². The first-order valence-corrected chi connectivity index (χ1v) is 7.52. The molecule has 5 nitrogen and oxygen atoms in total. The van der Waals surface area contributed by atoms with Gasteiger partial charge in [0.2, 0.25) is 0 Å². The summed E-state index contributed by atoms with van der Waals surface area (Å²) in [6.07, 6.45) is 0.777. The van der Waals surface area contributed by atoms with Crippen LogP contribution in [0, 0.1) is 3.57 Å². The molecule has 1 amide bonds. The first kappa shape index (κ1) is 17.2. The molecule has 0 heterocycles. The lowest BCUT2D eigenvalue weighted by Crippen LogP contribution is -2.30. The molecule has 1 N–H and O–H groups in total. The molecule has 0 aliphatic carbocycles. The van der Waals surface area contributed by atoms with E-state index in [2.05, 4.69) is 27.9 Å². The van der Waals surface area contributed by atoms with Crippen molar-refractivity contribution in [3.8, 4) is 5.75 Å². The Labute approximate surface area is 133 Å². The molecule has 0 unspecified atom stereocenters. The van der Waals surface area contributed by atoms with Crippen molar-refractivity contribution >= 4 is 28.5 Å². The molecule has 6 heteroatoms. The average Bonchev–Trinajstić information content (AvgIpc) is 2.46. The van der Waals surface area contributed by atoms with Crippen molar-refractivity contribution in [2.75, 3.05) is 40.1 Å². The Morgan fingerprint density at radius 3 is 2.65 bits per heavy atom. The Morgan fingerprint density at radius 1 is 1.20 bits per heavy atom. The van der Waals surface area contributed by atoms with E-state index in [0.717, 1.165) is 9.99 Å². The third-order valence-corrected chi connectivity index (χ3v) is 3.12. The van der Waals surface area contributed by atoms with Gasteiger partial charge in [0.05, 0.1) is 13.2 Å². The summed E-state index contributed by atoms with van der Waals surface area (Å²) in [6.45, 7) is 2.41. The normalized spacial score (nSPS) is 10.3. The van der Waals surface area contributed by atoms with E-state index in [9.17, 15) is 4.79 Å². The fraction of sp³-hybridized carbons (Fsp3) is 0.500. The van der Waals surface area contributed by atoms with Crippen LogP contribution in [0.4, 0.5) is 0 Å². The first-order valence-electron chi connectivity index (χ1n) is 6.44. The highest BCUT2D eigenvalue weighted by Gasteiger charge is 2.02. The second-order valence-electron chi connectivity index (χ2n) is 4.05. The molecule has 112 valence electrons. The van der Waals surface area contributed by atoms with Crippen molar-refractivity contribution in [1.82, 2.24) is 5.32 Å². The van der Waals surface area contributed by atoms with Gasteiger partial charge in [0, 0.05) is 23.8 Å². The van der Waals surface area contributed by atoms with E-state index in [1.165, 1.54) is 0 Å². The lowest BCUT2D eigenvalue weighted by molar-refractivity contribution is -0.123. The van der Waals surface area contributed by atoms with Gasteiger partial charge < -0.3 is 19.5 Å². The number of nitrogens with one attached hydrogen (secondary N) is 1. The van der Waals surface area contributed by atoms with Crippen LogP contribution >= 0.6 is 22.6 Å². The molecule has 0 aliphatic rings. The molecule has 1 aromatic rings. The maximum atomic E-state index is 11.5. The van der Waals surface area contributed by atoms with Gasteiger partial charge in [-0.2, -0.15) is 0 Å². The van der Waals surface area contributed by atoms with Gasteiger partial charge in [-0.15, -0.1) is 0 Å². The molecule has 1 rings (SSSR count). The number of halogens is 1. The third-order valence-electron chi connectivity index (χ3n) is 2.40. The number of carbonyl (C=O) groups excluding carboxylic acids is 1. The largest absolute Gasteiger partial charge is 0.484 e. The molecule has 0 spiro atoms. The van der Waals surface area contributed by atoms with Crippen molar-refractivity contribution in [2.24, 2.45) is 0 Å². The molecular weight excluding hydrogens is 373 g/mol. The summed E-state index contributed by atoms with van der Waals surface area (Å²) >= 11 is 2.22. The molecule has 1 aromatic carbocycles. The average molecular weight is 393 g/mol. The Hall–Kier alpha value is -0.860. The number of hydrogen-bond donors (Lipinski definition) is 1. The minimum absolute atomic E-state index is 0.0329. The predicted molar refractivity (Wildman–Crippen MR) is 85.0 cm³/mol. The zero-order chi connectivity index (χ0) is 14.6. The van der Waals surface area contributed by atoms with E-state index in [0.29, 0.717) is 32.1 Å². The SMILES string of the molecule is COCCOCCCNC(=O)COc1ccc(I)cc1. The first-order chi connectivity index (χ1) is 9.72. The standard InChI is InChI=1S/C14H20INO4/c1-18-9-10-19-8-2-7-16-14(17)11-20-13-5-3-12(15)4-6-13/h3-6H,2,7-11H2,1H3,(H,16,17). The lowest BCUT2D eigenvalue weighted by Gasteiger charge is -2.08. The highest BCUT2D eigenvalue weighted by Crippen LogP contribution is 2.13. The third kappa shape index (κ3) is 8.34. The lowest BCUT2D eigenvalue weighted by atomic mass is 10.3. The van der Waals surface area contributed by atoms with E-state index < -0.39 is 0 Å². The molecular formula is C14H20INO4. The van der Waals surface area contributed by atoms with Crippen molar-refractivity contribution in [1.29, 1.82) is 0 Å². The molecule has 0 aromatic heterocycles. The van der Waals surface area contributed by atoms with Crippen LogP contribution in [-0.2, 0) is 14.3 Å². The van der Waals surface area contributed by atoms with Gasteiger partial charge in [-0.3, -0.25) is 4.79 Å². The maximum Gasteiger partial charge on any atom is 0.257 e. The van der Waals surface area contributed by atoms with Crippen molar-refractivity contribution < 1.29 is 19.0 Å². The van der Waals surface area contributed by atoms with Crippen molar-refractivity contribution in [3.05, 3.63) is 27.8 Å². The number of rotatable bonds is 10. The van der Waals surface area contributed by atoms with Crippen LogP contribution in [0.2, 0.25) is 0 Å². The Morgan fingerprint density at radius 2 is 1.95 bits per heavy atom. The number of methoxy groups -OCH3 is 1. The van der Waals surface area contributed by atoms with Gasteiger partial charge in [0.25, 0.3) is 5.91 Å². The monoisotopic (exact) mass is 393 g/mol. The smallest absolute Gasteiger partial charge is 0.257 e. The van der Waals surface area contributed by atoms with Crippen LogP contribution in [0.3, 0.4) is 0 Å². The van der Waals surface area contributed by atoms with Crippen LogP contribution in [0.1, 0.15) is 6.42 Å². The minimum atomic E-state index is -0.125. The quantitative estimate of drug-likeness (QED) is 0.487. The van der Waals surface area contributed by atoms with E-state index in [1.807, 2.05) is 24.3 Å². The summed E-state index contributed by atoms with van der Waals surface area (Å²) in [5.74, 6) is 0.573. The molecule has 0 atom stereocenters. The van der Waals surface area contributed by atoms with Gasteiger partial charge in [-0.25, -0.2) is 0 Å². The highest BCUT2D eigenvalue weighted by atomic mass is 127. The topological polar surface area (TPSA) is 56.8 Å². The molecule has 0 saturated heterocycles. The van der Waals surface area contributed by atoms with Gasteiger partial charge in [0.15, 0.2) is 6.61 Å². The Balaban J connectivity index is 2.01. The number of hydrogen-bond acceptors (Lipinski definition) is 4. The number of carbonyl (C=O) groups is 1. The second-order valence-corrected chi connectivity index (χ2v) is 5.30. The highest BCUT2D eigenvalue weighted by molar-refractivity contribution is 14.1. The minimum Gasteiger partial charge on any atom is -0.484 e. The van der Waals surface area contributed by atoms with Crippen LogP contribution < -0.4 is 10.1 Å². The summed E-state index contributed by atoms with van der Waals surface area (Å²) < 4.78 is 16.6. The zero-order valence-corrected chi connectivity index (χ0v) is 13.7. The Kier molecular flexibility index (Phi) is 9.35. The van der Waals surface area contributed by atoms with Crippen LogP contribution in [0.25, 0.3) is 0 Å². The number of benzene rings is 1. The van der Waals surface area contributed by atoms with Gasteiger partial charge in [-0.1, -0.05) is 0 Å². The summed E-state index contributed by atoms with van der Waals surface area (Å²) in [5.41, 5.74) is 0. The molecule has 0 fully saturated rings. The van der Waals surface area contributed by atoms with Gasteiger partial charge in [0.1, 0.15) is 5.75 Å². The summed E-state index contributed by atoms with van der Waals surface area (Å²) in [6, 6.07) is 7.56. The zero-order valence-electron chi connectivity index (χ0n) is 11.6. The van der Waals surface area contributed by atoms with E-state index >= 15 is 0 Å². The van der Waals surface area contributed by atoms with Gasteiger partial charge >= 0.3 is 0 Å². The van der Waals surface area contributed by atoms with Crippen LogP contribution in [-0.4, -0.2) is 46.0 Å². The number of amides is 1. The molecule has 0 saturated carbocycles. The number of ether oxygens (including phenoxy) is 3. The van der Waals surface area contributed by atoms with Gasteiger partial charge in [-0.05, 0) is 53.3 Å². The van der Waals surface area contributed by atoms with Crippen LogP contribution in [0.15, 0.2) is 24.3 Å². The Bertz CT molecular complexity index is 383. The van der Waals surface area contributed by atoms with Crippen molar-refractivity contribution in [2.45, 2.75) is 6.42 Å². The fourth-order valence-electron chi connectivity index (χ4n) is 1.38. The summed E-state index contributed by atoms with van der Waals surface area (Å²) in [4.78, 5) is 11.5. The molecule has 0 bridgehead atoms. The summed E-state index contributed by atoms with van der Waals surface area (Å²) in [7, 11) is 1.64. The second kappa shape index (κ2) is 10.9. The van der Waals surface area contributed by atoms with Crippen molar-refractivity contribution in [3.63, 3.8) is 0 Å². The molecule has 0 aliphatic heterocycles. The van der Waals surface area contributed by atoms with E-state index in [-0.39, 0.29) is 12.5 Å². The molecule has 0 radical (unpaired) electrons.